The summed E-state index contributed by atoms with van der Waals surface area (Å²) in [7, 11) is 4.36. The smallest absolute Gasteiger partial charge is 0.381 e. The number of methoxy groups -OCH3 is 3. The second-order valence-electron chi connectivity index (χ2n) is 6.06. The number of aromatic nitrogens is 2. The first kappa shape index (κ1) is 24.9. The van der Waals surface area contributed by atoms with Crippen LogP contribution in [0, 0.1) is 0 Å². The van der Waals surface area contributed by atoms with Crippen molar-refractivity contribution in [2.75, 3.05) is 51.8 Å². The molecule has 32 heavy (non-hydrogen) atoms. The summed E-state index contributed by atoms with van der Waals surface area (Å²) in [6.45, 7) is 0.207. The first-order valence-electron chi connectivity index (χ1n) is 9.13. The number of aliphatic imine (C=N–C) groups is 1. The van der Waals surface area contributed by atoms with Gasteiger partial charge in [0.1, 0.15) is 0 Å². The van der Waals surface area contributed by atoms with Crippen molar-refractivity contribution in [1.82, 2.24) is 10.2 Å². The predicted octanol–water partition coefficient (Wildman–Crippen LogP) is 0.363. The van der Waals surface area contributed by atoms with Crippen LogP contribution in [0.4, 0.5) is 16.0 Å². The van der Waals surface area contributed by atoms with E-state index < -0.39 is 11.5 Å². The Morgan fingerprint density at radius 2 is 2.06 bits per heavy atom. The summed E-state index contributed by atoms with van der Waals surface area (Å²) in [4.78, 5) is 29.0. The van der Waals surface area contributed by atoms with Crippen molar-refractivity contribution < 1.29 is 28.5 Å². The van der Waals surface area contributed by atoms with Crippen LogP contribution in [0.5, 0.6) is 5.75 Å². The highest BCUT2D eigenvalue weighted by atomic mass is 32.1. The third-order valence-corrected chi connectivity index (χ3v) is 4.49. The van der Waals surface area contributed by atoms with Crippen molar-refractivity contribution in [3.05, 3.63) is 34.5 Å². The molecular formula is C18H24N6O7S. The molecule has 0 aliphatic carbocycles. The summed E-state index contributed by atoms with van der Waals surface area (Å²) in [6, 6.07) is 1.01. The molecule has 2 aromatic heterocycles. The van der Waals surface area contributed by atoms with Crippen molar-refractivity contribution >= 4 is 38.9 Å². The lowest BCUT2D eigenvalue weighted by Gasteiger charge is -2.19. The van der Waals surface area contributed by atoms with Crippen LogP contribution in [0.25, 0.3) is 0 Å². The molecule has 0 unspecified atom stereocenters. The normalized spacial score (nSPS) is 11.8. The summed E-state index contributed by atoms with van der Waals surface area (Å²) in [6.07, 6.45) is 2.63. The monoisotopic (exact) mass is 468 g/mol. The SMILES string of the molecule is COCC(COC)Nc1cc(C(=O)Nc2nnc(N=C(C=CN)CO)s2)oc(=O)c1OC. The molecule has 0 bridgehead atoms. The van der Waals surface area contributed by atoms with Gasteiger partial charge < -0.3 is 34.8 Å². The third kappa shape index (κ3) is 6.84. The maximum Gasteiger partial charge on any atom is 0.381 e. The largest absolute Gasteiger partial charge is 0.488 e. The number of nitrogens with two attached hydrogens (primary N) is 1. The molecule has 2 aromatic rings. The molecule has 0 atom stereocenters. The zero-order valence-corrected chi connectivity index (χ0v) is 18.5. The van der Waals surface area contributed by atoms with Gasteiger partial charge >= 0.3 is 5.63 Å². The van der Waals surface area contributed by atoms with E-state index in [0.29, 0.717) is 0 Å². The van der Waals surface area contributed by atoms with Crippen LogP contribution >= 0.6 is 11.3 Å². The second-order valence-corrected chi connectivity index (χ2v) is 7.02. The topological polar surface area (TPSA) is 183 Å². The summed E-state index contributed by atoms with van der Waals surface area (Å²) in [5, 5.41) is 22.6. The number of aliphatic hydroxyl groups is 1. The maximum absolute atomic E-state index is 12.6. The Hall–Kier alpha value is -3.33. The van der Waals surface area contributed by atoms with Crippen LogP contribution in [0.2, 0.25) is 0 Å². The fraction of sp³-hybridized carbons (Fsp3) is 0.389. The Kier molecular flexibility index (Phi) is 9.75. The summed E-state index contributed by atoms with van der Waals surface area (Å²) in [5.74, 6) is -1.12. The first-order valence-corrected chi connectivity index (χ1v) is 9.95. The van der Waals surface area contributed by atoms with E-state index in [1.165, 1.54) is 39.7 Å². The second kappa shape index (κ2) is 12.5. The van der Waals surface area contributed by atoms with E-state index in [1.54, 1.807) is 0 Å². The van der Waals surface area contributed by atoms with E-state index in [4.69, 9.17) is 24.4 Å². The lowest BCUT2D eigenvalue weighted by molar-refractivity contribution is 0.0991. The molecule has 2 rings (SSSR count). The number of amides is 1. The van der Waals surface area contributed by atoms with Gasteiger partial charge in [-0.15, -0.1) is 10.2 Å². The summed E-state index contributed by atoms with van der Waals surface area (Å²) >= 11 is 0.945. The van der Waals surface area contributed by atoms with Crippen molar-refractivity contribution in [1.29, 1.82) is 0 Å². The molecule has 0 fully saturated rings. The van der Waals surface area contributed by atoms with Crippen LogP contribution in [-0.2, 0) is 9.47 Å². The van der Waals surface area contributed by atoms with E-state index in [-0.39, 0.29) is 59.0 Å². The standard InChI is InChI=1S/C18H24N6O7S/c1-28-8-11(9-29-2)20-12-6-13(31-16(27)14(12)30-3)15(26)22-18-24-23-17(32-18)21-10(7-25)4-5-19/h4-6,11,20,25H,7-9,19H2,1-3H3,(H,22,24,26). The predicted molar refractivity (Wildman–Crippen MR) is 118 cm³/mol. The first-order chi connectivity index (χ1) is 15.4. The van der Waals surface area contributed by atoms with Gasteiger partial charge in [-0.3, -0.25) is 10.1 Å². The van der Waals surface area contributed by atoms with Gasteiger partial charge in [-0.25, -0.2) is 9.79 Å². The number of carbonyl (C=O) groups excluding carboxylic acids is 1. The van der Waals surface area contributed by atoms with Gasteiger partial charge in [-0.1, -0.05) is 11.3 Å². The molecule has 0 saturated carbocycles. The highest BCUT2D eigenvalue weighted by molar-refractivity contribution is 7.18. The van der Waals surface area contributed by atoms with Gasteiger partial charge in [0.25, 0.3) is 5.91 Å². The number of nitrogens with zero attached hydrogens (tertiary/aromatic N) is 3. The molecule has 13 nitrogen and oxygen atoms in total. The van der Waals surface area contributed by atoms with Crippen molar-refractivity contribution in [2.45, 2.75) is 6.04 Å². The number of hydrogen-bond donors (Lipinski definition) is 4. The maximum atomic E-state index is 12.6. The molecule has 174 valence electrons. The molecule has 0 radical (unpaired) electrons. The van der Waals surface area contributed by atoms with Crippen LogP contribution in [0.3, 0.4) is 0 Å². The van der Waals surface area contributed by atoms with E-state index in [0.717, 1.165) is 11.3 Å². The number of nitrogens with one attached hydrogen (secondary N) is 2. The zero-order valence-electron chi connectivity index (χ0n) is 17.7. The number of aliphatic hydroxyl groups excluding tert-OH is 1. The highest BCUT2D eigenvalue weighted by Crippen LogP contribution is 2.25. The Morgan fingerprint density at radius 3 is 2.66 bits per heavy atom. The van der Waals surface area contributed by atoms with Gasteiger partial charge in [0.15, 0.2) is 5.76 Å². The Balaban J connectivity index is 2.25. The Bertz CT molecular complexity index is 1010. The van der Waals surface area contributed by atoms with Crippen molar-refractivity contribution in [3.8, 4) is 5.75 Å². The summed E-state index contributed by atoms with van der Waals surface area (Å²) in [5.41, 5.74) is 4.93. The molecule has 0 aliphatic heterocycles. The number of ether oxygens (including phenoxy) is 3. The Labute approximate surface area is 186 Å². The van der Waals surface area contributed by atoms with Gasteiger partial charge in [-0.05, 0) is 12.3 Å². The fourth-order valence-electron chi connectivity index (χ4n) is 2.48. The van der Waals surface area contributed by atoms with Crippen LogP contribution < -0.4 is 26.7 Å². The lowest BCUT2D eigenvalue weighted by atomic mass is 10.2. The van der Waals surface area contributed by atoms with Crippen LogP contribution in [0.1, 0.15) is 10.6 Å². The summed E-state index contributed by atoms with van der Waals surface area (Å²) < 4.78 is 20.4. The molecule has 5 N–H and O–H groups in total. The molecule has 0 spiro atoms. The Morgan fingerprint density at radius 1 is 1.34 bits per heavy atom. The van der Waals surface area contributed by atoms with Gasteiger partial charge in [0.2, 0.25) is 16.0 Å². The number of carbonyl (C=O) groups is 1. The van der Waals surface area contributed by atoms with Crippen molar-refractivity contribution in [2.24, 2.45) is 10.7 Å². The quantitative estimate of drug-likeness (QED) is 0.315. The third-order valence-electron chi connectivity index (χ3n) is 3.76. The van der Waals surface area contributed by atoms with Crippen LogP contribution in [-0.4, -0.2) is 74.1 Å². The number of hydrogen-bond acceptors (Lipinski definition) is 13. The number of anilines is 2. The van der Waals surface area contributed by atoms with E-state index in [9.17, 15) is 14.7 Å². The van der Waals surface area contributed by atoms with Gasteiger partial charge in [0, 0.05) is 20.3 Å². The van der Waals surface area contributed by atoms with Gasteiger partial charge in [-0.2, -0.15) is 0 Å². The molecule has 0 aromatic carbocycles. The minimum absolute atomic E-state index is 0.101. The van der Waals surface area contributed by atoms with Crippen molar-refractivity contribution in [3.63, 3.8) is 0 Å². The molecule has 0 aliphatic rings. The average Bonchev–Trinajstić information content (AvgIpc) is 3.20. The van der Waals surface area contributed by atoms with E-state index >= 15 is 0 Å². The lowest BCUT2D eigenvalue weighted by Crippen LogP contribution is -2.30. The minimum Gasteiger partial charge on any atom is -0.488 e. The molecule has 0 saturated heterocycles. The molecule has 1 amide bonds. The van der Waals surface area contributed by atoms with E-state index in [2.05, 4.69) is 25.8 Å². The van der Waals surface area contributed by atoms with Gasteiger partial charge in [0.05, 0.1) is 44.4 Å². The minimum atomic E-state index is -0.847. The fourth-order valence-corrected chi connectivity index (χ4v) is 3.12. The molecular weight excluding hydrogens is 444 g/mol. The van der Waals surface area contributed by atoms with E-state index in [1.807, 2.05) is 0 Å². The average molecular weight is 468 g/mol. The van der Waals surface area contributed by atoms with Crippen LogP contribution in [0.15, 0.2) is 32.5 Å². The highest BCUT2D eigenvalue weighted by Gasteiger charge is 2.21. The zero-order chi connectivity index (χ0) is 23.5. The molecule has 14 heteroatoms. The number of rotatable bonds is 12. The molecule has 2 heterocycles.